The molecule has 1 saturated heterocycles. The first-order valence-corrected chi connectivity index (χ1v) is 8.66. The van der Waals surface area contributed by atoms with Crippen molar-refractivity contribution in [3.63, 3.8) is 0 Å². The molecule has 3 nitrogen and oxygen atoms in total. The van der Waals surface area contributed by atoms with Crippen molar-refractivity contribution in [2.75, 3.05) is 13.1 Å². The summed E-state index contributed by atoms with van der Waals surface area (Å²) >= 11 is 5.63. The van der Waals surface area contributed by atoms with Crippen molar-refractivity contribution in [2.45, 2.75) is 31.0 Å². The molecule has 0 radical (unpaired) electrons. The minimum Gasteiger partial charge on any atom is -0.207 e. The molecule has 0 N–H and O–H groups in total. The Labute approximate surface area is 124 Å². The topological polar surface area (TPSA) is 37.4 Å². The van der Waals surface area contributed by atoms with Crippen LogP contribution in [0.2, 0.25) is 0 Å². The number of piperidine rings is 1. The van der Waals surface area contributed by atoms with E-state index in [-0.39, 0.29) is 10.8 Å². The van der Waals surface area contributed by atoms with Gasteiger partial charge in [0.15, 0.2) is 0 Å². The van der Waals surface area contributed by atoms with E-state index in [0.29, 0.717) is 30.5 Å². The lowest BCUT2D eigenvalue weighted by Gasteiger charge is -2.34. The van der Waals surface area contributed by atoms with Gasteiger partial charge in [-0.3, -0.25) is 0 Å². The fourth-order valence-corrected chi connectivity index (χ4v) is 4.67. The van der Waals surface area contributed by atoms with E-state index in [1.165, 1.54) is 16.4 Å². The van der Waals surface area contributed by atoms with Gasteiger partial charge < -0.3 is 0 Å². The Kier molecular flexibility index (Phi) is 4.72. The second-order valence-electron chi connectivity index (χ2n) is 5.67. The molecule has 1 aromatic carbocycles. The zero-order chi connectivity index (χ0) is 14.9. The lowest BCUT2D eigenvalue weighted by molar-refractivity contribution is 0.222. The second-order valence-corrected chi connectivity index (χ2v) is 7.84. The predicted octanol–water partition coefficient (Wildman–Crippen LogP) is 3.23. The average Bonchev–Trinajstić information content (AvgIpc) is 2.37. The molecular weight excluding hydrogens is 301 g/mol. The summed E-state index contributed by atoms with van der Waals surface area (Å²) in [6, 6.07) is 4.06. The molecule has 0 saturated carbocycles. The number of nitrogens with zero attached hydrogens (tertiary/aromatic N) is 1. The number of sulfonamides is 1. The van der Waals surface area contributed by atoms with Gasteiger partial charge in [0, 0.05) is 19.0 Å². The highest BCUT2D eigenvalue weighted by atomic mass is 35.5. The number of hydrogen-bond acceptors (Lipinski definition) is 2. The van der Waals surface area contributed by atoms with Crippen LogP contribution in [-0.4, -0.2) is 25.8 Å². The number of benzene rings is 1. The molecule has 1 aliphatic heterocycles. The van der Waals surface area contributed by atoms with Crippen LogP contribution in [0.3, 0.4) is 0 Å². The highest BCUT2D eigenvalue weighted by molar-refractivity contribution is 7.89. The summed E-state index contributed by atoms with van der Waals surface area (Å²) in [5.41, 5.74) is 0.573. The van der Waals surface area contributed by atoms with Crippen molar-refractivity contribution in [3.8, 4) is 0 Å². The Balaban J connectivity index is 2.35. The normalized spacial score (nSPS) is 24.8. The molecule has 1 heterocycles. The Hall–Kier alpha value is -0.650. The van der Waals surface area contributed by atoms with Crippen LogP contribution in [-0.2, 0) is 15.9 Å². The van der Waals surface area contributed by atoms with Gasteiger partial charge in [-0.1, -0.05) is 19.9 Å². The Morgan fingerprint density at radius 2 is 1.90 bits per heavy atom. The Bertz CT molecular complexity index is 581. The van der Waals surface area contributed by atoms with Crippen LogP contribution in [0.5, 0.6) is 0 Å². The molecule has 0 spiro atoms. The van der Waals surface area contributed by atoms with Crippen LogP contribution < -0.4 is 0 Å². The van der Waals surface area contributed by atoms with Crippen molar-refractivity contribution in [3.05, 3.63) is 29.6 Å². The predicted molar refractivity (Wildman–Crippen MR) is 77.7 cm³/mol. The van der Waals surface area contributed by atoms with Gasteiger partial charge >= 0.3 is 0 Å². The second kappa shape index (κ2) is 6.00. The van der Waals surface area contributed by atoms with Gasteiger partial charge in [0.05, 0.1) is 0 Å². The smallest absolute Gasteiger partial charge is 0.207 e. The minimum atomic E-state index is -3.77. The van der Waals surface area contributed by atoms with Crippen molar-refractivity contribution in [1.82, 2.24) is 4.31 Å². The molecule has 0 amide bonds. The van der Waals surface area contributed by atoms with E-state index < -0.39 is 15.8 Å². The van der Waals surface area contributed by atoms with Gasteiger partial charge in [0.2, 0.25) is 10.0 Å². The molecule has 2 unspecified atom stereocenters. The summed E-state index contributed by atoms with van der Waals surface area (Å²) in [7, 11) is -3.77. The molecule has 2 rings (SSSR count). The first-order chi connectivity index (χ1) is 9.34. The number of halogens is 2. The maximum absolute atomic E-state index is 14.0. The van der Waals surface area contributed by atoms with Crippen molar-refractivity contribution >= 4 is 21.6 Å². The Morgan fingerprint density at radius 1 is 1.30 bits per heavy atom. The van der Waals surface area contributed by atoms with Crippen molar-refractivity contribution in [2.24, 2.45) is 11.8 Å². The summed E-state index contributed by atoms with van der Waals surface area (Å²) in [6.07, 6.45) is 1.000. The van der Waals surface area contributed by atoms with Crippen LogP contribution in [0.15, 0.2) is 23.1 Å². The lowest BCUT2D eigenvalue weighted by atomic mass is 9.94. The molecular formula is C14H19ClFNO2S. The molecule has 6 heteroatoms. The van der Waals surface area contributed by atoms with E-state index in [1.807, 2.05) is 13.8 Å². The van der Waals surface area contributed by atoms with Crippen LogP contribution in [0.1, 0.15) is 25.8 Å². The van der Waals surface area contributed by atoms with Crippen LogP contribution in [0, 0.1) is 17.7 Å². The molecule has 112 valence electrons. The number of hydrogen-bond donors (Lipinski definition) is 0. The molecule has 1 fully saturated rings. The van der Waals surface area contributed by atoms with Crippen LogP contribution >= 0.6 is 11.6 Å². The maximum Gasteiger partial charge on any atom is 0.246 e. The first kappa shape index (κ1) is 15.7. The van der Waals surface area contributed by atoms with Gasteiger partial charge in [-0.15, -0.1) is 11.6 Å². The third kappa shape index (κ3) is 3.15. The minimum absolute atomic E-state index is 0.162. The van der Waals surface area contributed by atoms with Crippen LogP contribution in [0.4, 0.5) is 4.39 Å². The fourth-order valence-electron chi connectivity index (χ4n) is 2.78. The van der Waals surface area contributed by atoms with E-state index in [9.17, 15) is 12.8 Å². The van der Waals surface area contributed by atoms with Gasteiger partial charge in [0.1, 0.15) is 10.7 Å². The van der Waals surface area contributed by atoms with Crippen molar-refractivity contribution < 1.29 is 12.8 Å². The van der Waals surface area contributed by atoms with E-state index in [0.717, 1.165) is 6.42 Å². The average molecular weight is 320 g/mol. The van der Waals surface area contributed by atoms with Crippen LogP contribution in [0.25, 0.3) is 0 Å². The molecule has 0 aromatic heterocycles. The van der Waals surface area contributed by atoms with Gasteiger partial charge in [-0.2, -0.15) is 4.31 Å². The monoisotopic (exact) mass is 319 g/mol. The molecule has 2 atom stereocenters. The van der Waals surface area contributed by atoms with Gasteiger partial charge in [-0.25, -0.2) is 12.8 Å². The third-order valence-electron chi connectivity index (χ3n) is 3.60. The third-order valence-corrected chi connectivity index (χ3v) is 5.78. The van der Waals surface area contributed by atoms with E-state index in [4.69, 9.17) is 11.6 Å². The maximum atomic E-state index is 14.0. The SMILES string of the molecule is CC1CC(C)CN(S(=O)(=O)c2ccc(CCl)cc2F)C1. The van der Waals surface area contributed by atoms with E-state index >= 15 is 0 Å². The van der Waals surface area contributed by atoms with Gasteiger partial charge in [0.25, 0.3) is 0 Å². The molecule has 1 aliphatic rings. The standard InChI is InChI=1S/C14H19ClFNO2S/c1-10-5-11(2)9-17(8-10)20(18,19)14-4-3-12(7-15)6-13(14)16/h3-4,6,10-11H,5,7-9H2,1-2H3. The van der Waals surface area contributed by atoms with Gasteiger partial charge in [-0.05, 0) is 36.0 Å². The highest BCUT2D eigenvalue weighted by Gasteiger charge is 2.33. The van der Waals surface area contributed by atoms with E-state index in [1.54, 1.807) is 6.07 Å². The zero-order valence-electron chi connectivity index (χ0n) is 11.6. The summed E-state index contributed by atoms with van der Waals surface area (Å²) in [4.78, 5) is -0.257. The van der Waals surface area contributed by atoms with Crippen molar-refractivity contribution in [1.29, 1.82) is 0 Å². The summed E-state index contributed by atoms with van der Waals surface area (Å²) < 4.78 is 40.5. The quantitative estimate of drug-likeness (QED) is 0.802. The summed E-state index contributed by atoms with van der Waals surface area (Å²) in [5, 5.41) is 0. The zero-order valence-corrected chi connectivity index (χ0v) is 13.2. The number of alkyl halides is 1. The van der Waals surface area contributed by atoms with E-state index in [2.05, 4.69) is 0 Å². The summed E-state index contributed by atoms with van der Waals surface area (Å²) in [5.74, 6) is 0.0149. The Morgan fingerprint density at radius 3 is 2.40 bits per heavy atom. The fraction of sp³-hybridized carbons (Fsp3) is 0.571. The molecule has 1 aromatic rings. The molecule has 20 heavy (non-hydrogen) atoms. The first-order valence-electron chi connectivity index (χ1n) is 6.69. The molecule has 0 aliphatic carbocycles. The number of rotatable bonds is 3. The lowest BCUT2D eigenvalue weighted by Crippen LogP contribution is -2.42. The summed E-state index contributed by atoms with van der Waals surface area (Å²) in [6.45, 7) is 4.93. The largest absolute Gasteiger partial charge is 0.246 e. The highest BCUT2D eigenvalue weighted by Crippen LogP contribution is 2.28. The molecule has 0 bridgehead atoms.